The van der Waals surface area contributed by atoms with Gasteiger partial charge in [0.2, 0.25) is 5.91 Å². The number of ether oxygens (including phenoxy) is 1. The fourth-order valence-electron chi connectivity index (χ4n) is 2.57. The van der Waals surface area contributed by atoms with Crippen molar-refractivity contribution in [1.82, 2.24) is 4.98 Å². The van der Waals surface area contributed by atoms with Crippen molar-refractivity contribution < 1.29 is 14.3 Å². The maximum Gasteiger partial charge on any atom is 0.314 e. The van der Waals surface area contributed by atoms with Gasteiger partial charge in [-0.25, -0.2) is 4.98 Å². The van der Waals surface area contributed by atoms with Gasteiger partial charge in [0.15, 0.2) is 0 Å². The average molecular weight is 316 g/mol. The summed E-state index contributed by atoms with van der Waals surface area (Å²) in [7, 11) is 0. The SMILES string of the molecule is Cc1nc(C)c(COC(=O)C2CC(=O)Nc3ccccc32)s1. The molecule has 1 N–H and O–H groups in total. The van der Waals surface area contributed by atoms with Gasteiger partial charge in [-0.05, 0) is 25.5 Å². The van der Waals surface area contributed by atoms with Crippen LogP contribution in [0.25, 0.3) is 0 Å². The van der Waals surface area contributed by atoms with Crippen molar-refractivity contribution >= 4 is 28.9 Å². The Morgan fingerprint density at radius 3 is 2.91 bits per heavy atom. The quantitative estimate of drug-likeness (QED) is 0.884. The van der Waals surface area contributed by atoms with Crippen LogP contribution in [0, 0.1) is 13.8 Å². The number of anilines is 1. The number of carbonyl (C=O) groups excluding carboxylic acids is 2. The minimum absolute atomic E-state index is 0.122. The molecular weight excluding hydrogens is 300 g/mol. The van der Waals surface area contributed by atoms with Crippen LogP contribution in [0.1, 0.15) is 33.5 Å². The van der Waals surface area contributed by atoms with E-state index in [9.17, 15) is 9.59 Å². The molecule has 0 saturated heterocycles. The van der Waals surface area contributed by atoms with Gasteiger partial charge in [0, 0.05) is 12.1 Å². The molecule has 1 aliphatic rings. The van der Waals surface area contributed by atoms with Crippen molar-refractivity contribution in [1.29, 1.82) is 0 Å². The molecule has 1 aromatic carbocycles. The summed E-state index contributed by atoms with van der Waals surface area (Å²) in [4.78, 5) is 29.4. The second kappa shape index (κ2) is 5.88. The predicted octanol–water partition coefficient (Wildman–Crippen LogP) is 2.93. The fraction of sp³-hybridized carbons (Fsp3) is 0.312. The van der Waals surface area contributed by atoms with Crippen LogP contribution < -0.4 is 5.32 Å². The van der Waals surface area contributed by atoms with Crippen LogP contribution in [-0.2, 0) is 20.9 Å². The molecule has 2 aromatic rings. The number of aryl methyl sites for hydroxylation is 2. The van der Waals surface area contributed by atoms with Gasteiger partial charge in [0.25, 0.3) is 0 Å². The minimum atomic E-state index is -0.542. The molecule has 0 spiro atoms. The third kappa shape index (κ3) is 2.87. The zero-order chi connectivity index (χ0) is 15.7. The molecule has 0 aliphatic carbocycles. The largest absolute Gasteiger partial charge is 0.459 e. The molecule has 114 valence electrons. The Bertz CT molecular complexity index is 739. The highest BCUT2D eigenvalue weighted by atomic mass is 32.1. The smallest absolute Gasteiger partial charge is 0.314 e. The van der Waals surface area contributed by atoms with Crippen molar-refractivity contribution in [3.05, 3.63) is 45.4 Å². The molecular formula is C16H16N2O3S. The molecule has 2 heterocycles. The number of nitrogens with zero attached hydrogens (tertiary/aromatic N) is 1. The number of esters is 1. The number of rotatable bonds is 3. The molecule has 5 nitrogen and oxygen atoms in total. The summed E-state index contributed by atoms with van der Waals surface area (Å²) in [5.41, 5.74) is 2.38. The van der Waals surface area contributed by atoms with Crippen LogP contribution in [0.2, 0.25) is 0 Å². The maximum absolute atomic E-state index is 12.4. The lowest BCUT2D eigenvalue weighted by atomic mass is 9.91. The van der Waals surface area contributed by atoms with Crippen molar-refractivity contribution in [3.8, 4) is 0 Å². The van der Waals surface area contributed by atoms with Crippen LogP contribution >= 0.6 is 11.3 Å². The highest BCUT2D eigenvalue weighted by Gasteiger charge is 2.31. The fourth-order valence-corrected chi connectivity index (χ4v) is 3.42. The monoisotopic (exact) mass is 316 g/mol. The molecule has 0 fully saturated rings. The van der Waals surface area contributed by atoms with E-state index in [1.165, 1.54) is 11.3 Å². The molecule has 0 saturated carbocycles. The lowest BCUT2D eigenvalue weighted by Gasteiger charge is -2.24. The third-order valence-electron chi connectivity index (χ3n) is 3.63. The molecule has 1 aliphatic heterocycles. The Morgan fingerprint density at radius 1 is 1.41 bits per heavy atom. The van der Waals surface area contributed by atoms with Crippen molar-refractivity contribution in [2.75, 3.05) is 5.32 Å². The first-order valence-electron chi connectivity index (χ1n) is 7.03. The van der Waals surface area contributed by atoms with E-state index in [4.69, 9.17) is 4.74 Å². The Hall–Kier alpha value is -2.21. The van der Waals surface area contributed by atoms with Gasteiger partial charge in [-0.15, -0.1) is 11.3 Å². The number of amides is 1. The van der Waals surface area contributed by atoms with Crippen molar-refractivity contribution in [2.45, 2.75) is 32.8 Å². The highest BCUT2D eigenvalue weighted by Crippen LogP contribution is 2.33. The van der Waals surface area contributed by atoms with E-state index < -0.39 is 5.92 Å². The summed E-state index contributed by atoms with van der Waals surface area (Å²) in [6, 6.07) is 7.33. The van der Waals surface area contributed by atoms with E-state index in [1.807, 2.05) is 32.0 Å². The molecule has 0 radical (unpaired) electrons. The number of carbonyl (C=O) groups is 2. The number of para-hydroxylation sites is 1. The van der Waals surface area contributed by atoms with Gasteiger partial charge < -0.3 is 10.1 Å². The number of benzene rings is 1. The summed E-state index contributed by atoms with van der Waals surface area (Å²) < 4.78 is 5.42. The number of nitrogens with one attached hydrogen (secondary N) is 1. The van der Waals surface area contributed by atoms with Crippen molar-refractivity contribution in [2.24, 2.45) is 0 Å². The van der Waals surface area contributed by atoms with E-state index in [-0.39, 0.29) is 24.9 Å². The van der Waals surface area contributed by atoms with E-state index in [0.29, 0.717) is 5.69 Å². The lowest BCUT2D eigenvalue weighted by molar-refractivity contribution is -0.148. The number of hydrogen-bond acceptors (Lipinski definition) is 5. The summed E-state index contributed by atoms with van der Waals surface area (Å²) in [6.07, 6.45) is 0.122. The third-order valence-corrected chi connectivity index (χ3v) is 4.68. The predicted molar refractivity (Wildman–Crippen MR) is 83.8 cm³/mol. The van der Waals surface area contributed by atoms with E-state index in [0.717, 1.165) is 21.1 Å². The van der Waals surface area contributed by atoms with E-state index in [1.54, 1.807) is 6.07 Å². The summed E-state index contributed by atoms with van der Waals surface area (Å²) in [5.74, 6) is -1.07. The summed E-state index contributed by atoms with van der Waals surface area (Å²) in [6.45, 7) is 4.02. The Balaban J connectivity index is 1.75. The number of hydrogen-bond donors (Lipinski definition) is 1. The molecule has 1 unspecified atom stereocenters. The highest BCUT2D eigenvalue weighted by molar-refractivity contribution is 7.11. The minimum Gasteiger partial charge on any atom is -0.459 e. The van der Waals surface area contributed by atoms with Gasteiger partial charge in [-0.2, -0.15) is 0 Å². The maximum atomic E-state index is 12.4. The topological polar surface area (TPSA) is 68.3 Å². The number of fused-ring (bicyclic) bond motifs is 1. The lowest BCUT2D eigenvalue weighted by Crippen LogP contribution is -2.28. The number of aromatic nitrogens is 1. The molecule has 6 heteroatoms. The number of thiazole rings is 1. The first kappa shape index (κ1) is 14.7. The molecule has 22 heavy (non-hydrogen) atoms. The Kier molecular flexibility index (Phi) is 3.94. The molecule has 1 aromatic heterocycles. The molecule has 1 amide bonds. The second-order valence-electron chi connectivity index (χ2n) is 5.24. The van der Waals surface area contributed by atoms with Gasteiger partial charge in [0.1, 0.15) is 6.61 Å². The van der Waals surface area contributed by atoms with Crippen LogP contribution in [-0.4, -0.2) is 16.9 Å². The van der Waals surface area contributed by atoms with Crippen LogP contribution in [0.3, 0.4) is 0 Å². The van der Waals surface area contributed by atoms with Gasteiger partial charge in [-0.3, -0.25) is 9.59 Å². The van der Waals surface area contributed by atoms with Crippen LogP contribution in [0.4, 0.5) is 5.69 Å². The Morgan fingerprint density at radius 2 is 2.18 bits per heavy atom. The first-order valence-corrected chi connectivity index (χ1v) is 7.84. The first-order chi connectivity index (χ1) is 10.5. The molecule has 3 rings (SSSR count). The molecule has 1 atom stereocenters. The normalized spacial score (nSPS) is 16.8. The van der Waals surface area contributed by atoms with Crippen LogP contribution in [0.15, 0.2) is 24.3 Å². The van der Waals surface area contributed by atoms with Gasteiger partial charge in [0.05, 0.1) is 21.5 Å². The Labute approximate surface area is 132 Å². The zero-order valence-electron chi connectivity index (χ0n) is 12.4. The van der Waals surface area contributed by atoms with Gasteiger partial charge in [-0.1, -0.05) is 18.2 Å². The second-order valence-corrected chi connectivity index (χ2v) is 6.53. The zero-order valence-corrected chi connectivity index (χ0v) is 13.2. The summed E-state index contributed by atoms with van der Waals surface area (Å²) >= 11 is 1.52. The summed E-state index contributed by atoms with van der Waals surface area (Å²) in [5, 5.41) is 3.73. The van der Waals surface area contributed by atoms with Crippen molar-refractivity contribution in [3.63, 3.8) is 0 Å². The van der Waals surface area contributed by atoms with Gasteiger partial charge >= 0.3 is 5.97 Å². The van der Waals surface area contributed by atoms with E-state index >= 15 is 0 Å². The van der Waals surface area contributed by atoms with E-state index in [2.05, 4.69) is 10.3 Å². The molecule has 0 bridgehead atoms. The average Bonchev–Trinajstić information content (AvgIpc) is 2.81. The van der Waals surface area contributed by atoms with Crippen LogP contribution in [0.5, 0.6) is 0 Å². The standard InChI is InChI=1S/C16H16N2O3S/c1-9-14(22-10(2)17-9)8-21-16(20)12-7-15(19)18-13-6-4-3-5-11(12)13/h3-6,12H,7-8H2,1-2H3,(H,18,19).